The predicted octanol–water partition coefficient (Wildman–Crippen LogP) is 1.56. The third-order valence-corrected chi connectivity index (χ3v) is 2.74. The third-order valence-electron chi connectivity index (χ3n) is 2.07. The molecule has 1 atom stereocenters. The van der Waals surface area contributed by atoms with Crippen LogP contribution in [-0.2, 0) is 10.8 Å². The van der Waals surface area contributed by atoms with Crippen LogP contribution in [-0.4, -0.2) is 29.1 Å². The summed E-state index contributed by atoms with van der Waals surface area (Å²) >= 11 is 0. The van der Waals surface area contributed by atoms with Crippen molar-refractivity contribution in [1.29, 1.82) is 0 Å². The summed E-state index contributed by atoms with van der Waals surface area (Å²) < 4.78 is 16.1. The Morgan fingerprint density at radius 3 is 2.67 bits per heavy atom. The van der Waals surface area contributed by atoms with Crippen LogP contribution in [0.5, 0.6) is 5.75 Å². The molecule has 0 N–H and O–H groups in total. The van der Waals surface area contributed by atoms with Crippen LogP contribution in [0, 0.1) is 6.92 Å². The van der Waals surface area contributed by atoms with Gasteiger partial charge < -0.3 is 4.74 Å². The molecule has 0 aliphatic rings. The minimum absolute atomic E-state index is 0.0429. The summed E-state index contributed by atoms with van der Waals surface area (Å²) in [6.45, 7) is 1.84. The van der Waals surface area contributed by atoms with Gasteiger partial charge in [-0.3, -0.25) is 9.00 Å². The molecule has 15 heavy (non-hydrogen) atoms. The minimum Gasteiger partial charge on any atom is -0.496 e. The van der Waals surface area contributed by atoms with Crippen LogP contribution < -0.4 is 4.74 Å². The lowest BCUT2D eigenvalue weighted by Gasteiger charge is -2.09. The smallest absolute Gasteiger partial charge is 0.179 e. The fourth-order valence-corrected chi connectivity index (χ4v) is 1.94. The van der Waals surface area contributed by atoms with E-state index in [0.717, 1.165) is 5.56 Å². The maximum absolute atomic E-state index is 11.8. The molecule has 0 saturated heterocycles. The molecule has 0 spiro atoms. The van der Waals surface area contributed by atoms with Crippen LogP contribution in [0.1, 0.15) is 15.9 Å². The number of carbonyl (C=O) groups is 1. The van der Waals surface area contributed by atoms with Crippen molar-refractivity contribution >= 4 is 16.6 Å². The molecule has 1 rings (SSSR count). The van der Waals surface area contributed by atoms with Gasteiger partial charge in [-0.15, -0.1) is 0 Å². The molecule has 0 amide bonds. The zero-order valence-electron chi connectivity index (χ0n) is 9.07. The van der Waals surface area contributed by atoms with E-state index < -0.39 is 10.8 Å². The van der Waals surface area contributed by atoms with Gasteiger partial charge in [-0.1, -0.05) is 12.1 Å². The van der Waals surface area contributed by atoms with Gasteiger partial charge >= 0.3 is 0 Å². The average molecular weight is 226 g/mol. The van der Waals surface area contributed by atoms with Gasteiger partial charge in [0, 0.05) is 17.1 Å². The summed E-state index contributed by atoms with van der Waals surface area (Å²) in [7, 11) is 0.403. The van der Waals surface area contributed by atoms with Gasteiger partial charge in [0.25, 0.3) is 0 Å². The lowest BCUT2D eigenvalue weighted by atomic mass is 10.0. The molecule has 1 unspecified atom stereocenters. The molecular weight excluding hydrogens is 212 g/mol. The number of methoxy groups -OCH3 is 1. The van der Waals surface area contributed by atoms with Gasteiger partial charge in [0.15, 0.2) is 5.78 Å². The average Bonchev–Trinajstić information content (AvgIpc) is 2.15. The standard InChI is InChI=1S/C11H14O3S/c1-8-5-4-6-10(14-2)11(8)9(12)7-15(3)13/h4-6H,7H2,1-3H3. The van der Waals surface area contributed by atoms with Gasteiger partial charge in [-0.2, -0.15) is 0 Å². The number of carbonyl (C=O) groups excluding carboxylic acids is 1. The van der Waals surface area contributed by atoms with E-state index in [2.05, 4.69) is 0 Å². The van der Waals surface area contributed by atoms with Gasteiger partial charge in [0.1, 0.15) is 5.75 Å². The Labute approximate surface area is 91.9 Å². The number of hydrogen-bond acceptors (Lipinski definition) is 3. The van der Waals surface area contributed by atoms with E-state index in [-0.39, 0.29) is 11.5 Å². The molecule has 82 valence electrons. The molecule has 0 aliphatic carbocycles. The van der Waals surface area contributed by atoms with Crippen molar-refractivity contribution in [2.45, 2.75) is 6.92 Å². The fourth-order valence-electron chi connectivity index (χ4n) is 1.43. The van der Waals surface area contributed by atoms with Crippen molar-refractivity contribution in [3.05, 3.63) is 29.3 Å². The molecular formula is C11H14O3S. The lowest BCUT2D eigenvalue weighted by molar-refractivity contribution is 0.101. The van der Waals surface area contributed by atoms with Crippen molar-refractivity contribution < 1.29 is 13.7 Å². The Morgan fingerprint density at radius 2 is 2.13 bits per heavy atom. The molecule has 0 aromatic heterocycles. The predicted molar refractivity (Wildman–Crippen MR) is 61.0 cm³/mol. The van der Waals surface area contributed by atoms with E-state index >= 15 is 0 Å². The first-order valence-electron chi connectivity index (χ1n) is 4.53. The second-order valence-corrected chi connectivity index (χ2v) is 4.73. The van der Waals surface area contributed by atoms with Crippen molar-refractivity contribution in [1.82, 2.24) is 0 Å². The Bertz CT molecular complexity index is 399. The Morgan fingerprint density at radius 1 is 1.47 bits per heavy atom. The van der Waals surface area contributed by atoms with Crippen LogP contribution in [0.15, 0.2) is 18.2 Å². The second-order valence-electron chi connectivity index (χ2n) is 3.29. The molecule has 0 radical (unpaired) electrons. The van der Waals surface area contributed by atoms with Gasteiger partial charge in [-0.05, 0) is 18.6 Å². The molecule has 3 nitrogen and oxygen atoms in total. The normalized spacial score (nSPS) is 12.2. The molecule has 1 aromatic carbocycles. The van der Waals surface area contributed by atoms with E-state index in [1.165, 1.54) is 13.4 Å². The van der Waals surface area contributed by atoms with Crippen LogP contribution in [0.2, 0.25) is 0 Å². The molecule has 0 heterocycles. The second kappa shape index (κ2) is 5.07. The Hall–Kier alpha value is -1.16. The summed E-state index contributed by atoms with van der Waals surface area (Å²) in [5.41, 5.74) is 1.39. The van der Waals surface area contributed by atoms with Crippen LogP contribution in [0.3, 0.4) is 0 Å². The molecule has 0 aliphatic heterocycles. The largest absolute Gasteiger partial charge is 0.496 e. The summed E-state index contributed by atoms with van der Waals surface area (Å²) in [6, 6.07) is 5.40. The highest BCUT2D eigenvalue weighted by Crippen LogP contribution is 2.22. The van der Waals surface area contributed by atoms with Gasteiger partial charge in [0.2, 0.25) is 0 Å². The van der Waals surface area contributed by atoms with Crippen LogP contribution >= 0.6 is 0 Å². The molecule has 0 bridgehead atoms. The maximum atomic E-state index is 11.8. The quantitative estimate of drug-likeness (QED) is 0.732. The van der Waals surface area contributed by atoms with E-state index in [0.29, 0.717) is 11.3 Å². The summed E-state index contributed by atoms with van der Waals surface area (Å²) in [6.07, 6.45) is 1.52. The highest BCUT2D eigenvalue weighted by Gasteiger charge is 2.15. The van der Waals surface area contributed by atoms with Crippen molar-refractivity contribution in [3.8, 4) is 5.75 Å². The van der Waals surface area contributed by atoms with Crippen molar-refractivity contribution in [3.63, 3.8) is 0 Å². The molecule has 1 aromatic rings. The number of benzene rings is 1. The van der Waals surface area contributed by atoms with Gasteiger partial charge in [0.05, 0.1) is 18.4 Å². The van der Waals surface area contributed by atoms with E-state index in [1.54, 1.807) is 6.07 Å². The van der Waals surface area contributed by atoms with Gasteiger partial charge in [-0.25, -0.2) is 0 Å². The first kappa shape index (κ1) is 11.9. The molecule has 4 heteroatoms. The fraction of sp³-hybridized carbons (Fsp3) is 0.364. The van der Waals surface area contributed by atoms with E-state index in [1.807, 2.05) is 19.1 Å². The Kier molecular flexibility index (Phi) is 4.03. The SMILES string of the molecule is COc1cccc(C)c1C(=O)CS(C)=O. The summed E-state index contributed by atoms with van der Waals surface area (Å²) in [5, 5.41) is 0. The Balaban J connectivity index is 3.11. The van der Waals surface area contributed by atoms with E-state index in [4.69, 9.17) is 4.74 Å². The zero-order chi connectivity index (χ0) is 11.4. The summed E-state index contributed by atoms with van der Waals surface area (Å²) in [5.74, 6) is 0.456. The monoisotopic (exact) mass is 226 g/mol. The van der Waals surface area contributed by atoms with Crippen molar-refractivity contribution in [2.75, 3.05) is 19.1 Å². The minimum atomic E-state index is -1.12. The number of aryl methyl sites for hydroxylation is 1. The number of ketones is 1. The number of hydrogen-bond donors (Lipinski definition) is 0. The van der Waals surface area contributed by atoms with Crippen LogP contribution in [0.25, 0.3) is 0 Å². The van der Waals surface area contributed by atoms with E-state index in [9.17, 15) is 9.00 Å². The third kappa shape index (κ3) is 2.89. The number of rotatable bonds is 4. The highest BCUT2D eigenvalue weighted by molar-refractivity contribution is 7.85. The first-order chi connectivity index (χ1) is 7.06. The zero-order valence-corrected chi connectivity index (χ0v) is 9.89. The number of ether oxygens (including phenoxy) is 1. The van der Waals surface area contributed by atoms with Crippen molar-refractivity contribution in [2.24, 2.45) is 0 Å². The maximum Gasteiger partial charge on any atom is 0.179 e. The topological polar surface area (TPSA) is 43.4 Å². The first-order valence-corrected chi connectivity index (χ1v) is 6.25. The highest BCUT2D eigenvalue weighted by atomic mass is 32.2. The number of Topliss-reactive ketones (excluding diaryl/α,β-unsaturated/α-hetero) is 1. The molecule has 0 saturated carbocycles. The van der Waals surface area contributed by atoms with Crippen LogP contribution in [0.4, 0.5) is 0 Å². The summed E-state index contributed by atoms with van der Waals surface area (Å²) in [4.78, 5) is 11.8. The lowest BCUT2D eigenvalue weighted by Crippen LogP contribution is -2.12. The molecule has 0 fully saturated rings.